The molecule has 0 aliphatic carbocycles. The van der Waals surface area contributed by atoms with E-state index in [4.69, 9.17) is 23.2 Å². The van der Waals surface area contributed by atoms with E-state index in [1.165, 1.54) is 5.54 Å². The normalized spacial score (nSPS) is 17.2. The zero-order valence-corrected chi connectivity index (χ0v) is 10.2. The van der Waals surface area contributed by atoms with Crippen LogP contribution in [0.25, 0.3) is 0 Å². The summed E-state index contributed by atoms with van der Waals surface area (Å²) in [5.74, 6) is 0.228. The molecule has 0 aromatic carbocycles. The maximum Gasteiger partial charge on any atom is 0.223 e. The summed E-state index contributed by atoms with van der Waals surface area (Å²) in [6.07, 6.45) is 2.81. The molecule has 0 aromatic heterocycles. The van der Waals surface area contributed by atoms with Crippen molar-refractivity contribution in [1.29, 1.82) is 0 Å². The Kier molecular flexibility index (Phi) is 6.06. The zero-order chi connectivity index (χ0) is 11.1. The van der Waals surface area contributed by atoms with Crippen molar-refractivity contribution in [3.63, 3.8) is 0 Å². The molecule has 1 N–H and O–H groups in total. The Hall–Kier alpha value is -0.250. The summed E-state index contributed by atoms with van der Waals surface area (Å²) in [6, 6.07) is 0. The van der Waals surface area contributed by atoms with Crippen molar-refractivity contribution in [2.75, 3.05) is 26.2 Å². The van der Waals surface area contributed by atoms with Gasteiger partial charge in [-0.15, -0.1) is 0 Å². The summed E-state index contributed by atoms with van der Waals surface area (Å²) in [4.78, 5) is 13.5. The van der Waals surface area contributed by atoms with Crippen molar-refractivity contribution < 1.29 is 4.79 Å². The number of nitrogens with one attached hydrogen (secondary N) is 1. The van der Waals surface area contributed by atoms with Gasteiger partial charge < -0.3 is 10.2 Å². The minimum absolute atomic E-state index is 0.228. The molecular formula is C10H16Cl2N2O. The number of carbonyl (C=O) groups is 1. The van der Waals surface area contributed by atoms with E-state index in [0.29, 0.717) is 24.5 Å². The van der Waals surface area contributed by atoms with E-state index >= 15 is 0 Å². The average molecular weight is 251 g/mol. The Labute approximate surface area is 100 Å². The Morgan fingerprint density at radius 2 is 2.07 bits per heavy atom. The first kappa shape index (κ1) is 12.8. The van der Waals surface area contributed by atoms with E-state index in [0.717, 1.165) is 25.9 Å². The molecule has 86 valence electrons. The van der Waals surface area contributed by atoms with Crippen LogP contribution >= 0.6 is 23.2 Å². The van der Waals surface area contributed by atoms with Crippen molar-refractivity contribution in [2.24, 2.45) is 0 Å². The fraction of sp³-hybridized carbons (Fsp3) is 0.700. The highest BCUT2D eigenvalue weighted by Gasteiger charge is 2.16. The predicted molar refractivity (Wildman–Crippen MR) is 63.1 cm³/mol. The van der Waals surface area contributed by atoms with E-state index in [1.54, 1.807) is 0 Å². The molecule has 0 aromatic rings. The summed E-state index contributed by atoms with van der Waals surface area (Å²) in [5, 5.41) is 3.62. The Balaban J connectivity index is 2.06. The molecule has 3 nitrogen and oxygen atoms in total. The molecule has 1 fully saturated rings. The van der Waals surface area contributed by atoms with Crippen LogP contribution in [-0.2, 0) is 4.79 Å². The van der Waals surface area contributed by atoms with Crippen molar-refractivity contribution in [3.05, 3.63) is 10.6 Å². The number of amides is 1. The van der Waals surface area contributed by atoms with Gasteiger partial charge in [-0.3, -0.25) is 4.79 Å². The number of hydrogen-bond donors (Lipinski definition) is 1. The third-order valence-corrected chi connectivity index (χ3v) is 3.00. The molecule has 15 heavy (non-hydrogen) atoms. The molecule has 1 amide bonds. The van der Waals surface area contributed by atoms with Crippen LogP contribution in [0.4, 0.5) is 0 Å². The topological polar surface area (TPSA) is 32.3 Å². The monoisotopic (exact) mass is 250 g/mol. The molecular weight excluding hydrogens is 235 g/mol. The number of rotatable bonds is 5. The second-order valence-corrected chi connectivity index (χ2v) is 4.27. The lowest BCUT2D eigenvalue weighted by molar-refractivity contribution is -0.130. The SMILES string of the molecule is O=C(CCNC/C(Cl)=C\Cl)N1CCCC1. The van der Waals surface area contributed by atoms with Crippen LogP contribution in [0, 0.1) is 0 Å². The van der Waals surface area contributed by atoms with E-state index in [-0.39, 0.29) is 5.91 Å². The van der Waals surface area contributed by atoms with Crippen LogP contribution in [0.5, 0.6) is 0 Å². The van der Waals surface area contributed by atoms with Crippen LogP contribution in [0.1, 0.15) is 19.3 Å². The smallest absolute Gasteiger partial charge is 0.223 e. The number of halogens is 2. The summed E-state index contributed by atoms with van der Waals surface area (Å²) < 4.78 is 0. The van der Waals surface area contributed by atoms with Crippen molar-refractivity contribution in [1.82, 2.24) is 10.2 Å². The van der Waals surface area contributed by atoms with Gasteiger partial charge in [0.05, 0.1) is 0 Å². The molecule has 5 heteroatoms. The number of likely N-dealkylation sites (tertiary alicyclic amines) is 1. The largest absolute Gasteiger partial charge is 0.343 e. The van der Waals surface area contributed by atoms with Gasteiger partial charge in [0.25, 0.3) is 0 Å². The molecule has 0 bridgehead atoms. The number of nitrogens with zero attached hydrogens (tertiary/aromatic N) is 1. The Bertz CT molecular complexity index is 238. The molecule has 0 atom stereocenters. The van der Waals surface area contributed by atoms with Crippen LogP contribution < -0.4 is 5.32 Å². The molecule has 1 rings (SSSR count). The van der Waals surface area contributed by atoms with Crippen molar-refractivity contribution in [3.8, 4) is 0 Å². The number of carbonyl (C=O) groups excluding carboxylic acids is 1. The lowest BCUT2D eigenvalue weighted by atomic mass is 10.3. The van der Waals surface area contributed by atoms with Crippen LogP contribution in [0.2, 0.25) is 0 Å². The fourth-order valence-electron chi connectivity index (χ4n) is 1.57. The molecule has 0 radical (unpaired) electrons. The fourth-order valence-corrected chi connectivity index (χ4v) is 1.74. The van der Waals surface area contributed by atoms with Crippen LogP contribution in [0.3, 0.4) is 0 Å². The van der Waals surface area contributed by atoms with E-state index < -0.39 is 0 Å². The third kappa shape index (κ3) is 4.87. The molecule has 1 saturated heterocycles. The van der Waals surface area contributed by atoms with Crippen LogP contribution in [-0.4, -0.2) is 37.0 Å². The molecule has 1 heterocycles. The molecule has 1 aliphatic rings. The van der Waals surface area contributed by atoms with Gasteiger partial charge in [0.1, 0.15) is 0 Å². The highest BCUT2D eigenvalue weighted by molar-refractivity contribution is 6.36. The lowest BCUT2D eigenvalue weighted by Gasteiger charge is -2.14. The first-order chi connectivity index (χ1) is 7.24. The van der Waals surface area contributed by atoms with Gasteiger partial charge in [0.2, 0.25) is 5.91 Å². The molecule has 1 aliphatic heterocycles. The summed E-state index contributed by atoms with van der Waals surface area (Å²) >= 11 is 11.1. The summed E-state index contributed by atoms with van der Waals surface area (Å²) in [6.45, 7) is 3.01. The van der Waals surface area contributed by atoms with E-state index in [9.17, 15) is 4.79 Å². The maximum absolute atomic E-state index is 11.6. The minimum atomic E-state index is 0.228. The average Bonchev–Trinajstić information content (AvgIpc) is 2.77. The van der Waals surface area contributed by atoms with Gasteiger partial charge in [0, 0.05) is 43.2 Å². The standard InChI is InChI=1S/C10H16Cl2N2O/c11-7-9(12)8-13-4-3-10(15)14-5-1-2-6-14/h7,13H,1-6,8H2/b9-7+. The summed E-state index contributed by atoms with van der Waals surface area (Å²) in [5.41, 5.74) is 1.33. The first-order valence-electron chi connectivity index (χ1n) is 5.17. The van der Waals surface area contributed by atoms with Gasteiger partial charge in [-0.25, -0.2) is 0 Å². The number of hydrogen-bond acceptors (Lipinski definition) is 2. The van der Waals surface area contributed by atoms with Gasteiger partial charge in [-0.05, 0) is 12.8 Å². The second-order valence-electron chi connectivity index (χ2n) is 3.57. The van der Waals surface area contributed by atoms with Crippen molar-refractivity contribution in [2.45, 2.75) is 19.3 Å². The first-order valence-corrected chi connectivity index (χ1v) is 5.98. The molecule has 0 unspecified atom stereocenters. The lowest BCUT2D eigenvalue weighted by Crippen LogP contribution is -2.30. The predicted octanol–water partition coefficient (Wildman–Crippen LogP) is 1.91. The highest BCUT2D eigenvalue weighted by Crippen LogP contribution is 2.08. The van der Waals surface area contributed by atoms with Gasteiger partial charge in [0.15, 0.2) is 0 Å². The minimum Gasteiger partial charge on any atom is -0.343 e. The van der Waals surface area contributed by atoms with E-state index in [2.05, 4.69) is 5.32 Å². The second kappa shape index (κ2) is 7.09. The van der Waals surface area contributed by atoms with Gasteiger partial charge in [-0.2, -0.15) is 0 Å². The molecule has 0 spiro atoms. The quantitative estimate of drug-likeness (QED) is 0.757. The third-order valence-electron chi connectivity index (χ3n) is 2.39. The van der Waals surface area contributed by atoms with Gasteiger partial charge >= 0.3 is 0 Å². The van der Waals surface area contributed by atoms with Crippen LogP contribution in [0.15, 0.2) is 10.6 Å². The van der Waals surface area contributed by atoms with Gasteiger partial charge in [-0.1, -0.05) is 23.2 Å². The highest BCUT2D eigenvalue weighted by atomic mass is 35.5. The van der Waals surface area contributed by atoms with E-state index in [1.807, 2.05) is 4.90 Å². The zero-order valence-electron chi connectivity index (χ0n) is 8.64. The van der Waals surface area contributed by atoms with Crippen molar-refractivity contribution >= 4 is 29.1 Å². The summed E-state index contributed by atoms with van der Waals surface area (Å²) in [7, 11) is 0. The Morgan fingerprint density at radius 1 is 1.40 bits per heavy atom. The Morgan fingerprint density at radius 3 is 2.67 bits per heavy atom. The maximum atomic E-state index is 11.6. The molecule has 0 saturated carbocycles.